The van der Waals surface area contributed by atoms with Crippen LogP contribution in [-0.2, 0) is 6.54 Å². The van der Waals surface area contributed by atoms with E-state index in [2.05, 4.69) is 42.1 Å². The molecule has 0 aliphatic rings. The maximum absolute atomic E-state index is 13.2. The molecule has 3 aromatic rings. The van der Waals surface area contributed by atoms with E-state index in [1.807, 2.05) is 30.3 Å². The molecule has 5 nitrogen and oxygen atoms in total. The Kier molecular flexibility index (Phi) is 8.97. The fourth-order valence-electron chi connectivity index (χ4n) is 4.28. The first kappa shape index (κ1) is 24.6. The Bertz CT molecular complexity index is 1090. The van der Waals surface area contributed by atoms with E-state index in [1.54, 1.807) is 6.07 Å². The van der Waals surface area contributed by atoms with E-state index in [4.69, 9.17) is 16.3 Å². The highest BCUT2D eigenvalue weighted by Crippen LogP contribution is 2.26. The number of nitrogens with zero attached hydrogens (tertiary/aromatic N) is 3. The highest BCUT2D eigenvalue weighted by Gasteiger charge is 2.13. The van der Waals surface area contributed by atoms with Crippen LogP contribution in [0.1, 0.15) is 34.1 Å². The van der Waals surface area contributed by atoms with E-state index >= 15 is 0 Å². The topological polar surface area (TPSA) is 37.7 Å². The lowest BCUT2D eigenvalue weighted by atomic mass is 10.1. The molecule has 32 heavy (non-hydrogen) atoms. The number of fused-ring (bicyclic) bond motifs is 2. The van der Waals surface area contributed by atoms with Crippen LogP contribution in [0.25, 0.3) is 21.8 Å². The summed E-state index contributed by atoms with van der Waals surface area (Å²) in [6.07, 6.45) is 0.994. The second-order valence-electron chi connectivity index (χ2n) is 8.08. The number of pyridine rings is 1. The molecule has 0 saturated heterocycles. The van der Waals surface area contributed by atoms with Crippen LogP contribution >= 0.6 is 11.6 Å². The molecule has 0 fully saturated rings. The number of aromatic nitrogens is 1. The first-order valence-corrected chi connectivity index (χ1v) is 12.2. The predicted octanol–water partition coefficient (Wildman–Crippen LogP) is 5.26. The Labute approximate surface area is 196 Å². The van der Waals surface area contributed by atoms with Crippen LogP contribution < -0.4 is 10.2 Å². The predicted molar refractivity (Wildman–Crippen MR) is 136 cm³/mol. The van der Waals surface area contributed by atoms with Gasteiger partial charge in [0.2, 0.25) is 0 Å². The quantitative estimate of drug-likeness (QED) is 0.347. The van der Waals surface area contributed by atoms with Crippen LogP contribution in [-0.4, -0.2) is 60.2 Å². The van der Waals surface area contributed by atoms with Crippen molar-refractivity contribution in [2.75, 3.05) is 45.9 Å². The molecule has 0 bridgehead atoms. The van der Waals surface area contributed by atoms with Gasteiger partial charge in [0.25, 0.3) is 0 Å². The number of ether oxygens (including phenoxy) is 1. The largest absolute Gasteiger partial charge is 0.492 e. The van der Waals surface area contributed by atoms with Gasteiger partial charge in [-0.3, -0.25) is 4.79 Å². The second-order valence-corrected chi connectivity index (χ2v) is 8.51. The van der Waals surface area contributed by atoms with Crippen molar-refractivity contribution >= 4 is 33.4 Å². The van der Waals surface area contributed by atoms with E-state index in [9.17, 15) is 4.79 Å². The highest BCUT2D eigenvalue weighted by atomic mass is 35.5. The fraction of sp³-hybridized carbons (Fsp3) is 0.500. The molecule has 0 aliphatic carbocycles. The van der Waals surface area contributed by atoms with Crippen LogP contribution in [0.2, 0.25) is 5.02 Å². The Morgan fingerprint density at radius 3 is 2.09 bits per heavy atom. The van der Waals surface area contributed by atoms with Crippen molar-refractivity contribution in [2.24, 2.45) is 0 Å². The number of rotatable bonds is 12. The van der Waals surface area contributed by atoms with Gasteiger partial charge in [0.05, 0.1) is 11.0 Å². The molecule has 0 amide bonds. The van der Waals surface area contributed by atoms with Crippen molar-refractivity contribution < 1.29 is 4.74 Å². The van der Waals surface area contributed by atoms with E-state index in [0.717, 1.165) is 74.4 Å². The molecular formula is C26H36ClN3O2. The van der Waals surface area contributed by atoms with E-state index < -0.39 is 0 Å². The first-order chi connectivity index (χ1) is 15.5. The number of halogens is 1. The van der Waals surface area contributed by atoms with Gasteiger partial charge >= 0.3 is 0 Å². The summed E-state index contributed by atoms with van der Waals surface area (Å²) in [5.41, 5.74) is 1.83. The maximum Gasteiger partial charge on any atom is 0.197 e. The van der Waals surface area contributed by atoms with Gasteiger partial charge in [-0.25, -0.2) is 0 Å². The van der Waals surface area contributed by atoms with Crippen molar-refractivity contribution in [2.45, 2.75) is 40.7 Å². The minimum atomic E-state index is 0.0429. The highest BCUT2D eigenvalue weighted by molar-refractivity contribution is 6.31. The van der Waals surface area contributed by atoms with Crippen LogP contribution in [0.3, 0.4) is 0 Å². The molecule has 0 unspecified atom stereocenters. The summed E-state index contributed by atoms with van der Waals surface area (Å²) in [6.45, 7) is 16.1. The van der Waals surface area contributed by atoms with E-state index in [0.29, 0.717) is 17.0 Å². The van der Waals surface area contributed by atoms with Crippen molar-refractivity contribution in [3.8, 4) is 5.75 Å². The fourth-order valence-corrected chi connectivity index (χ4v) is 4.44. The molecule has 0 N–H and O–H groups in total. The zero-order valence-corrected chi connectivity index (χ0v) is 20.6. The number of hydrogen-bond acceptors (Lipinski definition) is 4. The van der Waals surface area contributed by atoms with Gasteiger partial charge in [-0.15, -0.1) is 0 Å². The van der Waals surface area contributed by atoms with Crippen molar-refractivity contribution in [1.82, 2.24) is 14.4 Å². The number of hydrogen-bond donors (Lipinski definition) is 0. The van der Waals surface area contributed by atoms with Gasteiger partial charge in [0.1, 0.15) is 12.4 Å². The number of likely N-dealkylation sites (N-methyl/N-ethyl adjacent to an activating group) is 1. The van der Waals surface area contributed by atoms with Crippen molar-refractivity contribution in [1.29, 1.82) is 0 Å². The van der Waals surface area contributed by atoms with Gasteiger partial charge < -0.3 is 19.1 Å². The summed E-state index contributed by atoms with van der Waals surface area (Å²) in [7, 11) is 0. The van der Waals surface area contributed by atoms with Crippen LogP contribution in [0.15, 0.2) is 41.2 Å². The van der Waals surface area contributed by atoms with Crippen molar-refractivity contribution in [3.05, 3.63) is 51.6 Å². The van der Waals surface area contributed by atoms with Crippen LogP contribution in [0, 0.1) is 0 Å². The molecule has 6 heteroatoms. The summed E-state index contributed by atoms with van der Waals surface area (Å²) in [6, 6.07) is 11.4. The van der Waals surface area contributed by atoms with Gasteiger partial charge in [0.15, 0.2) is 5.43 Å². The molecule has 0 radical (unpaired) electrons. The van der Waals surface area contributed by atoms with Crippen LogP contribution in [0.5, 0.6) is 5.75 Å². The molecule has 1 heterocycles. The van der Waals surface area contributed by atoms with Gasteiger partial charge in [-0.05, 0) is 69.5 Å². The Balaban J connectivity index is 1.99. The molecule has 0 aliphatic heterocycles. The molecule has 2 aromatic carbocycles. The summed E-state index contributed by atoms with van der Waals surface area (Å²) < 4.78 is 8.30. The Morgan fingerprint density at radius 2 is 1.44 bits per heavy atom. The summed E-state index contributed by atoms with van der Waals surface area (Å²) in [5.74, 6) is 0.794. The third-order valence-electron chi connectivity index (χ3n) is 6.32. The van der Waals surface area contributed by atoms with Gasteiger partial charge in [-0.1, -0.05) is 39.3 Å². The van der Waals surface area contributed by atoms with Crippen LogP contribution in [0.4, 0.5) is 0 Å². The first-order valence-electron chi connectivity index (χ1n) is 11.9. The maximum atomic E-state index is 13.2. The van der Waals surface area contributed by atoms with Gasteiger partial charge in [-0.2, -0.15) is 0 Å². The second kappa shape index (κ2) is 11.7. The molecule has 0 atom stereocenters. The van der Waals surface area contributed by atoms with Crippen molar-refractivity contribution in [3.63, 3.8) is 0 Å². The van der Waals surface area contributed by atoms with Gasteiger partial charge in [0, 0.05) is 35.0 Å². The van der Waals surface area contributed by atoms with E-state index in [-0.39, 0.29) is 5.43 Å². The van der Waals surface area contributed by atoms with E-state index in [1.165, 1.54) is 0 Å². The molecule has 0 saturated carbocycles. The zero-order chi connectivity index (χ0) is 23.1. The lowest BCUT2D eigenvalue weighted by Crippen LogP contribution is -2.27. The Morgan fingerprint density at radius 1 is 0.844 bits per heavy atom. The summed E-state index contributed by atoms with van der Waals surface area (Å²) in [4.78, 5) is 18.0. The SMILES string of the molecule is CCN(CC)CCCn1c2cc(Cl)ccc2c(=O)c2ccc(OCCN(CC)CC)cc21. The minimum absolute atomic E-state index is 0.0429. The standard InChI is InChI=1S/C26H36ClN3O2/c1-5-28(6-2)14-9-15-30-24-18-20(27)10-12-22(24)26(31)23-13-11-21(19-25(23)30)32-17-16-29(7-3)8-4/h10-13,18-19H,5-9,14-17H2,1-4H3. The average molecular weight is 458 g/mol. The third kappa shape index (κ3) is 5.64. The molecular weight excluding hydrogens is 422 g/mol. The Hall–Kier alpha value is -2.08. The molecule has 174 valence electrons. The lowest BCUT2D eigenvalue weighted by molar-refractivity contribution is 0.223. The molecule has 0 spiro atoms. The minimum Gasteiger partial charge on any atom is -0.492 e. The molecule has 1 aromatic heterocycles. The number of aryl methyl sites for hydroxylation is 1. The zero-order valence-electron chi connectivity index (χ0n) is 19.9. The third-order valence-corrected chi connectivity index (χ3v) is 6.56. The number of benzene rings is 2. The smallest absolute Gasteiger partial charge is 0.197 e. The lowest BCUT2D eigenvalue weighted by Gasteiger charge is -2.21. The normalized spacial score (nSPS) is 11.8. The monoisotopic (exact) mass is 457 g/mol. The summed E-state index contributed by atoms with van der Waals surface area (Å²) >= 11 is 6.33. The summed E-state index contributed by atoms with van der Waals surface area (Å²) in [5, 5.41) is 2.07. The molecule has 3 rings (SSSR count). The average Bonchev–Trinajstić information content (AvgIpc) is 2.81.